The van der Waals surface area contributed by atoms with E-state index >= 15 is 0 Å². The van der Waals surface area contributed by atoms with Crippen LogP contribution in [-0.4, -0.2) is 14.5 Å². The van der Waals surface area contributed by atoms with Crippen molar-refractivity contribution in [1.29, 1.82) is 0 Å². The first kappa shape index (κ1) is 18.4. The molecule has 0 atom stereocenters. The third-order valence-electron chi connectivity index (χ3n) is 2.73. The van der Waals surface area contributed by atoms with E-state index in [0.717, 1.165) is 0 Å². The van der Waals surface area contributed by atoms with Gasteiger partial charge in [0.2, 0.25) is 0 Å². The number of benzene rings is 2. The van der Waals surface area contributed by atoms with Gasteiger partial charge in [-0.15, -0.1) is 0 Å². The quantitative estimate of drug-likeness (QED) is 0.684. The standard InChI is InChI=1S/C15H14BrCl2NO3S/c1-9(2)22-15-8-14(12(17)7-13(15)18)19-23(20,21)11-5-3-4-10(16)6-11/h3-9,19H,1-2H3. The lowest BCUT2D eigenvalue weighted by Gasteiger charge is -2.15. The first-order chi connectivity index (χ1) is 10.7. The van der Waals surface area contributed by atoms with E-state index in [4.69, 9.17) is 27.9 Å². The number of hydrogen-bond acceptors (Lipinski definition) is 3. The maximum atomic E-state index is 12.5. The van der Waals surface area contributed by atoms with Crippen LogP contribution in [-0.2, 0) is 10.0 Å². The average molecular weight is 439 g/mol. The molecule has 2 rings (SSSR count). The summed E-state index contributed by atoms with van der Waals surface area (Å²) in [5.41, 5.74) is 0.201. The van der Waals surface area contributed by atoms with Crippen LogP contribution < -0.4 is 9.46 Å². The summed E-state index contributed by atoms with van der Waals surface area (Å²) in [7, 11) is -3.78. The summed E-state index contributed by atoms with van der Waals surface area (Å²) < 4.78 is 33.6. The van der Waals surface area contributed by atoms with Crippen LogP contribution in [0.5, 0.6) is 5.75 Å². The zero-order chi connectivity index (χ0) is 17.2. The smallest absolute Gasteiger partial charge is 0.261 e. The molecule has 0 aliphatic heterocycles. The third-order valence-corrected chi connectivity index (χ3v) is 5.20. The van der Waals surface area contributed by atoms with Gasteiger partial charge in [-0.1, -0.05) is 45.2 Å². The van der Waals surface area contributed by atoms with Crippen molar-refractivity contribution in [2.24, 2.45) is 0 Å². The Morgan fingerprint density at radius 3 is 2.43 bits per heavy atom. The highest BCUT2D eigenvalue weighted by Gasteiger charge is 2.18. The Kier molecular flexibility index (Phi) is 5.84. The predicted molar refractivity (Wildman–Crippen MR) is 97.2 cm³/mol. The van der Waals surface area contributed by atoms with Gasteiger partial charge >= 0.3 is 0 Å². The molecule has 0 unspecified atom stereocenters. The number of sulfonamides is 1. The summed E-state index contributed by atoms with van der Waals surface area (Å²) in [6.07, 6.45) is -0.108. The monoisotopic (exact) mass is 437 g/mol. The molecule has 23 heavy (non-hydrogen) atoms. The van der Waals surface area contributed by atoms with Gasteiger partial charge in [-0.05, 0) is 38.1 Å². The van der Waals surface area contributed by atoms with E-state index in [2.05, 4.69) is 20.7 Å². The first-order valence-corrected chi connectivity index (χ1v) is 9.66. The van der Waals surface area contributed by atoms with Gasteiger partial charge in [0.25, 0.3) is 10.0 Å². The molecule has 124 valence electrons. The maximum Gasteiger partial charge on any atom is 0.261 e. The van der Waals surface area contributed by atoms with Gasteiger partial charge in [0, 0.05) is 10.5 Å². The van der Waals surface area contributed by atoms with Crippen LogP contribution in [0.15, 0.2) is 45.8 Å². The lowest BCUT2D eigenvalue weighted by atomic mass is 10.3. The zero-order valence-corrected chi connectivity index (χ0v) is 16.2. The molecule has 0 saturated heterocycles. The third kappa shape index (κ3) is 4.76. The SMILES string of the molecule is CC(C)Oc1cc(NS(=O)(=O)c2cccc(Br)c2)c(Cl)cc1Cl. The summed E-state index contributed by atoms with van der Waals surface area (Å²) in [6, 6.07) is 9.28. The lowest BCUT2D eigenvalue weighted by molar-refractivity contribution is 0.243. The summed E-state index contributed by atoms with van der Waals surface area (Å²) >= 11 is 15.4. The van der Waals surface area contributed by atoms with E-state index in [0.29, 0.717) is 15.2 Å². The van der Waals surface area contributed by atoms with Crippen LogP contribution in [0.25, 0.3) is 0 Å². The largest absolute Gasteiger partial charge is 0.489 e. The fourth-order valence-electron chi connectivity index (χ4n) is 1.79. The molecular weight excluding hydrogens is 425 g/mol. The highest BCUT2D eigenvalue weighted by molar-refractivity contribution is 9.10. The van der Waals surface area contributed by atoms with E-state index in [-0.39, 0.29) is 21.7 Å². The Bertz CT molecular complexity index is 825. The van der Waals surface area contributed by atoms with Crippen molar-refractivity contribution in [2.75, 3.05) is 4.72 Å². The second-order valence-electron chi connectivity index (χ2n) is 4.99. The van der Waals surface area contributed by atoms with Crippen molar-refractivity contribution >= 4 is 54.8 Å². The fourth-order valence-corrected chi connectivity index (χ4v) is 3.99. The predicted octanol–water partition coefficient (Wildman–Crippen LogP) is 5.34. The molecule has 0 radical (unpaired) electrons. The van der Waals surface area contributed by atoms with Crippen molar-refractivity contribution in [3.8, 4) is 5.75 Å². The molecule has 0 saturated carbocycles. The molecule has 0 aliphatic rings. The molecule has 0 fully saturated rings. The second kappa shape index (κ2) is 7.30. The van der Waals surface area contributed by atoms with Gasteiger partial charge in [-0.3, -0.25) is 4.72 Å². The molecule has 0 bridgehead atoms. The second-order valence-corrected chi connectivity index (χ2v) is 8.40. The van der Waals surface area contributed by atoms with Gasteiger partial charge in [0.15, 0.2) is 0 Å². The fraction of sp³-hybridized carbons (Fsp3) is 0.200. The van der Waals surface area contributed by atoms with E-state index in [1.165, 1.54) is 24.3 Å². The van der Waals surface area contributed by atoms with Gasteiger partial charge in [-0.2, -0.15) is 0 Å². The number of halogens is 3. The number of rotatable bonds is 5. The molecule has 4 nitrogen and oxygen atoms in total. The minimum absolute atomic E-state index is 0.108. The highest BCUT2D eigenvalue weighted by atomic mass is 79.9. The normalized spacial score (nSPS) is 11.6. The Morgan fingerprint density at radius 2 is 1.83 bits per heavy atom. The van der Waals surface area contributed by atoms with Crippen molar-refractivity contribution in [3.63, 3.8) is 0 Å². The lowest BCUT2D eigenvalue weighted by Crippen LogP contribution is -2.14. The highest BCUT2D eigenvalue weighted by Crippen LogP contribution is 2.36. The van der Waals surface area contributed by atoms with Gasteiger partial charge in [-0.25, -0.2) is 8.42 Å². The van der Waals surface area contributed by atoms with E-state index in [9.17, 15) is 8.42 Å². The van der Waals surface area contributed by atoms with Crippen LogP contribution in [0.2, 0.25) is 10.0 Å². The molecule has 0 amide bonds. The molecule has 0 aliphatic carbocycles. The molecule has 2 aromatic rings. The molecule has 0 spiro atoms. The van der Waals surface area contributed by atoms with Crippen LogP contribution in [0.1, 0.15) is 13.8 Å². The minimum atomic E-state index is -3.78. The summed E-state index contributed by atoms with van der Waals surface area (Å²) in [6.45, 7) is 3.69. The van der Waals surface area contributed by atoms with Crippen LogP contribution in [0.3, 0.4) is 0 Å². The number of nitrogens with one attached hydrogen (secondary N) is 1. The first-order valence-electron chi connectivity index (χ1n) is 6.63. The molecule has 2 aromatic carbocycles. The van der Waals surface area contributed by atoms with Gasteiger partial charge in [0.1, 0.15) is 5.75 Å². The van der Waals surface area contributed by atoms with Gasteiger partial charge < -0.3 is 4.74 Å². The van der Waals surface area contributed by atoms with E-state index in [1.807, 2.05) is 13.8 Å². The van der Waals surface area contributed by atoms with Crippen LogP contribution in [0, 0.1) is 0 Å². The Hall–Kier alpha value is -0.950. The molecule has 0 aromatic heterocycles. The number of hydrogen-bond donors (Lipinski definition) is 1. The summed E-state index contributed by atoms with van der Waals surface area (Å²) in [5, 5.41) is 0.499. The Morgan fingerprint density at radius 1 is 1.13 bits per heavy atom. The maximum absolute atomic E-state index is 12.5. The van der Waals surface area contributed by atoms with Crippen molar-refractivity contribution in [3.05, 3.63) is 50.9 Å². The zero-order valence-electron chi connectivity index (χ0n) is 12.3. The molecule has 1 N–H and O–H groups in total. The van der Waals surface area contributed by atoms with E-state index in [1.54, 1.807) is 12.1 Å². The Labute approximate surface area is 153 Å². The number of anilines is 1. The summed E-state index contributed by atoms with van der Waals surface area (Å²) in [4.78, 5) is 0.115. The topological polar surface area (TPSA) is 55.4 Å². The van der Waals surface area contributed by atoms with Crippen molar-refractivity contribution < 1.29 is 13.2 Å². The number of ether oxygens (including phenoxy) is 1. The summed E-state index contributed by atoms with van der Waals surface area (Å²) in [5.74, 6) is 0.359. The molecular formula is C15H14BrCl2NO3S. The minimum Gasteiger partial charge on any atom is -0.489 e. The van der Waals surface area contributed by atoms with E-state index < -0.39 is 10.0 Å². The van der Waals surface area contributed by atoms with Gasteiger partial charge in [0.05, 0.1) is 26.7 Å². The Balaban J connectivity index is 2.39. The van der Waals surface area contributed by atoms with Crippen LogP contribution in [0.4, 0.5) is 5.69 Å². The average Bonchev–Trinajstić information content (AvgIpc) is 2.43. The van der Waals surface area contributed by atoms with Crippen LogP contribution >= 0.6 is 39.1 Å². The van der Waals surface area contributed by atoms with Crippen molar-refractivity contribution in [2.45, 2.75) is 24.8 Å². The van der Waals surface area contributed by atoms with Crippen molar-refractivity contribution in [1.82, 2.24) is 0 Å². The molecule has 0 heterocycles. The molecule has 8 heteroatoms.